The van der Waals surface area contributed by atoms with E-state index in [9.17, 15) is 13.6 Å². The summed E-state index contributed by atoms with van der Waals surface area (Å²) in [6, 6.07) is 15.6. The Hall–Kier alpha value is -3.61. The van der Waals surface area contributed by atoms with E-state index in [4.69, 9.17) is 14.2 Å². The Bertz CT molecular complexity index is 1120. The van der Waals surface area contributed by atoms with Crippen LogP contribution in [0.5, 0.6) is 11.5 Å². The number of rotatable bonds is 7. The summed E-state index contributed by atoms with van der Waals surface area (Å²) in [5.74, 6) is -0.848. The highest BCUT2D eigenvalue weighted by Crippen LogP contribution is 2.36. The smallest absolute Gasteiger partial charge is 0.338 e. The molecule has 5 nitrogen and oxygen atoms in total. The zero-order valence-corrected chi connectivity index (χ0v) is 19.3. The number of anilines is 2. The Morgan fingerprint density at radius 2 is 1.45 bits per heavy atom. The Labute approximate surface area is 192 Å². The van der Waals surface area contributed by atoms with Crippen LogP contribution in [0.3, 0.4) is 0 Å². The lowest BCUT2D eigenvalue weighted by Gasteiger charge is -2.27. The fraction of sp³-hybridized carbons (Fsp3) is 0.269. The second-order valence-electron chi connectivity index (χ2n) is 8.38. The molecule has 0 bridgehead atoms. The van der Waals surface area contributed by atoms with Crippen molar-refractivity contribution in [2.24, 2.45) is 0 Å². The standard InChI is InChI=1S/C26H27F2NO4/c1-26(2,3)33-25(30)17-8-6-9-18(14-17)29(16-20-21(27)10-7-11-22(20)28)19-12-13-23(31-4)24(15-19)32-5/h6-15H,16H2,1-5H3. The third-order valence-corrected chi connectivity index (χ3v) is 4.85. The van der Waals surface area contributed by atoms with E-state index in [-0.39, 0.29) is 12.1 Å². The summed E-state index contributed by atoms with van der Waals surface area (Å²) in [5, 5.41) is 0. The molecule has 0 saturated heterocycles. The van der Waals surface area contributed by atoms with Crippen molar-refractivity contribution >= 4 is 17.3 Å². The number of carbonyl (C=O) groups excluding carboxylic acids is 1. The van der Waals surface area contributed by atoms with Crippen molar-refractivity contribution in [3.63, 3.8) is 0 Å². The maximum absolute atomic E-state index is 14.5. The first-order valence-electron chi connectivity index (χ1n) is 10.4. The quantitative estimate of drug-likeness (QED) is 0.393. The number of hydrogen-bond acceptors (Lipinski definition) is 5. The number of ether oxygens (including phenoxy) is 3. The first-order valence-corrected chi connectivity index (χ1v) is 10.4. The minimum absolute atomic E-state index is 0.102. The van der Waals surface area contributed by atoms with E-state index in [2.05, 4.69) is 0 Å². The van der Waals surface area contributed by atoms with Gasteiger partial charge in [-0.1, -0.05) is 12.1 Å². The molecule has 0 aliphatic heterocycles. The highest BCUT2D eigenvalue weighted by molar-refractivity contribution is 5.91. The van der Waals surface area contributed by atoms with Crippen LogP contribution in [-0.4, -0.2) is 25.8 Å². The largest absolute Gasteiger partial charge is 0.493 e. The summed E-state index contributed by atoms with van der Waals surface area (Å²) in [4.78, 5) is 14.3. The monoisotopic (exact) mass is 455 g/mol. The fourth-order valence-corrected chi connectivity index (χ4v) is 3.30. The van der Waals surface area contributed by atoms with Crippen molar-refractivity contribution in [3.05, 3.63) is 83.4 Å². The van der Waals surface area contributed by atoms with Crippen molar-refractivity contribution in [2.75, 3.05) is 19.1 Å². The average molecular weight is 456 g/mol. The normalized spacial score (nSPS) is 11.1. The molecule has 0 amide bonds. The molecule has 3 aromatic rings. The molecular weight excluding hydrogens is 428 g/mol. The van der Waals surface area contributed by atoms with Gasteiger partial charge in [0.25, 0.3) is 0 Å². The van der Waals surface area contributed by atoms with Crippen LogP contribution in [0.25, 0.3) is 0 Å². The average Bonchev–Trinajstić information content (AvgIpc) is 2.77. The molecule has 0 unspecified atom stereocenters. The Morgan fingerprint density at radius 1 is 0.848 bits per heavy atom. The maximum Gasteiger partial charge on any atom is 0.338 e. The third-order valence-electron chi connectivity index (χ3n) is 4.85. The topological polar surface area (TPSA) is 48.0 Å². The zero-order chi connectivity index (χ0) is 24.2. The lowest BCUT2D eigenvalue weighted by atomic mass is 10.1. The lowest BCUT2D eigenvalue weighted by Crippen LogP contribution is -2.24. The fourth-order valence-electron chi connectivity index (χ4n) is 3.30. The molecule has 174 valence electrons. The third kappa shape index (κ3) is 5.80. The SMILES string of the molecule is COc1ccc(N(Cc2c(F)cccc2F)c2cccc(C(=O)OC(C)(C)C)c2)cc1OC. The van der Waals surface area contributed by atoms with Crippen LogP contribution in [0.2, 0.25) is 0 Å². The number of halogens is 2. The van der Waals surface area contributed by atoms with Gasteiger partial charge in [-0.15, -0.1) is 0 Å². The summed E-state index contributed by atoms with van der Waals surface area (Å²) < 4.78 is 45.2. The van der Waals surface area contributed by atoms with Crippen molar-refractivity contribution in [3.8, 4) is 11.5 Å². The molecule has 3 aromatic carbocycles. The van der Waals surface area contributed by atoms with Gasteiger partial charge in [-0.3, -0.25) is 0 Å². The molecule has 0 N–H and O–H groups in total. The summed E-state index contributed by atoms with van der Waals surface area (Å²) >= 11 is 0. The van der Waals surface area contributed by atoms with Gasteiger partial charge < -0.3 is 19.1 Å². The van der Waals surface area contributed by atoms with E-state index in [0.717, 1.165) is 0 Å². The number of nitrogens with zero attached hydrogens (tertiary/aromatic N) is 1. The van der Waals surface area contributed by atoms with Gasteiger partial charge >= 0.3 is 5.97 Å². The van der Waals surface area contributed by atoms with Crippen molar-refractivity contribution in [1.82, 2.24) is 0 Å². The zero-order valence-electron chi connectivity index (χ0n) is 19.3. The number of carbonyl (C=O) groups is 1. The Morgan fingerprint density at radius 3 is 2.06 bits per heavy atom. The number of hydrogen-bond donors (Lipinski definition) is 0. The number of benzene rings is 3. The van der Waals surface area contributed by atoms with Crippen LogP contribution in [0, 0.1) is 11.6 Å². The van der Waals surface area contributed by atoms with Crippen LogP contribution in [0.15, 0.2) is 60.7 Å². The lowest BCUT2D eigenvalue weighted by molar-refractivity contribution is 0.00695. The molecule has 3 rings (SSSR count). The molecule has 0 spiro atoms. The van der Waals surface area contributed by atoms with Gasteiger partial charge in [0.15, 0.2) is 11.5 Å². The molecule has 0 aliphatic rings. The van der Waals surface area contributed by atoms with Gasteiger partial charge in [0.1, 0.15) is 17.2 Å². The van der Waals surface area contributed by atoms with E-state index in [0.29, 0.717) is 28.4 Å². The minimum Gasteiger partial charge on any atom is -0.493 e. The molecule has 33 heavy (non-hydrogen) atoms. The van der Waals surface area contributed by atoms with Crippen molar-refractivity contribution in [1.29, 1.82) is 0 Å². The first kappa shape index (κ1) is 24.0. The molecule has 0 radical (unpaired) electrons. The molecular formula is C26H27F2NO4. The molecule has 0 aromatic heterocycles. The van der Waals surface area contributed by atoms with Gasteiger partial charge in [-0.05, 0) is 63.2 Å². The van der Waals surface area contributed by atoms with Gasteiger partial charge in [0, 0.05) is 23.0 Å². The highest BCUT2D eigenvalue weighted by Gasteiger charge is 2.21. The van der Waals surface area contributed by atoms with E-state index in [1.807, 2.05) is 0 Å². The maximum atomic E-state index is 14.5. The van der Waals surface area contributed by atoms with Crippen molar-refractivity contribution < 1.29 is 27.8 Å². The summed E-state index contributed by atoms with van der Waals surface area (Å²) in [6.45, 7) is 5.23. The second-order valence-corrected chi connectivity index (χ2v) is 8.38. The van der Waals surface area contributed by atoms with Gasteiger partial charge in [0.05, 0.1) is 26.3 Å². The predicted molar refractivity (Wildman–Crippen MR) is 123 cm³/mol. The Kier molecular flexibility index (Phi) is 7.21. The van der Waals surface area contributed by atoms with Crippen LogP contribution in [-0.2, 0) is 11.3 Å². The van der Waals surface area contributed by atoms with Crippen molar-refractivity contribution in [2.45, 2.75) is 32.9 Å². The molecule has 0 atom stereocenters. The molecule has 0 fully saturated rings. The molecule has 0 saturated carbocycles. The molecule has 0 aliphatic carbocycles. The predicted octanol–water partition coefficient (Wildman–Crippen LogP) is 6.28. The van der Waals surface area contributed by atoms with E-state index in [1.54, 1.807) is 68.1 Å². The Balaban J connectivity index is 2.10. The van der Waals surface area contributed by atoms with Gasteiger partial charge in [0.2, 0.25) is 0 Å². The van der Waals surface area contributed by atoms with E-state index >= 15 is 0 Å². The van der Waals surface area contributed by atoms with Crippen LogP contribution in [0.1, 0.15) is 36.7 Å². The minimum atomic E-state index is -0.663. The van der Waals surface area contributed by atoms with E-state index in [1.165, 1.54) is 32.4 Å². The second kappa shape index (κ2) is 9.90. The summed E-state index contributed by atoms with van der Waals surface area (Å²) in [5.41, 5.74) is 0.702. The van der Waals surface area contributed by atoms with Gasteiger partial charge in [-0.25, -0.2) is 13.6 Å². The molecule has 0 heterocycles. The number of esters is 1. The van der Waals surface area contributed by atoms with Crippen LogP contribution in [0.4, 0.5) is 20.2 Å². The van der Waals surface area contributed by atoms with Crippen LogP contribution < -0.4 is 14.4 Å². The summed E-state index contributed by atoms with van der Waals surface area (Å²) in [6.07, 6.45) is 0. The molecule has 7 heteroatoms. The summed E-state index contributed by atoms with van der Waals surface area (Å²) in [7, 11) is 3.03. The van der Waals surface area contributed by atoms with E-state index < -0.39 is 23.2 Å². The highest BCUT2D eigenvalue weighted by atomic mass is 19.1. The van der Waals surface area contributed by atoms with Crippen LogP contribution >= 0.6 is 0 Å². The first-order chi connectivity index (χ1) is 15.6. The number of methoxy groups -OCH3 is 2. The van der Waals surface area contributed by atoms with Gasteiger partial charge in [-0.2, -0.15) is 0 Å².